The van der Waals surface area contributed by atoms with Crippen molar-refractivity contribution in [2.45, 2.75) is 23.2 Å². The molecule has 0 amide bonds. The molecule has 1 aliphatic heterocycles. The van der Waals surface area contributed by atoms with Crippen LogP contribution in [0.1, 0.15) is 23.2 Å². The monoisotopic (exact) mass is 338 g/mol. The van der Waals surface area contributed by atoms with Crippen molar-refractivity contribution in [3.8, 4) is 24.3 Å². The molecule has 1 saturated heterocycles. The number of nitriles is 4. The lowest BCUT2D eigenvalue weighted by Gasteiger charge is -2.46. The van der Waals surface area contributed by atoms with Gasteiger partial charge in [-0.05, 0) is 11.1 Å². The molecule has 2 N–H and O–H groups in total. The topological polar surface area (TPSA) is 119 Å². The maximum Gasteiger partial charge on any atom is 0.214 e. The molecule has 0 aliphatic carbocycles. The SMILES string of the molecule is N#CC1(C#N)NC(c2ccccc2)C(C#N)(C#N)NC1c1ccccc1. The third-order valence-electron chi connectivity index (χ3n) is 4.58. The Labute approximate surface area is 151 Å². The first-order chi connectivity index (χ1) is 12.6. The van der Waals surface area contributed by atoms with Gasteiger partial charge in [-0.3, -0.25) is 10.6 Å². The Morgan fingerprint density at radius 3 is 1.15 bits per heavy atom. The Hall–Kier alpha value is -3.68. The first-order valence-corrected chi connectivity index (χ1v) is 7.95. The van der Waals surface area contributed by atoms with Gasteiger partial charge in [-0.2, -0.15) is 21.0 Å². The van der Waals surface area contributed by atoms with E-state index >= 15 is 0 Å². The Bertz CT molecular complexity index is 846. The first kappa shape index (κ1) is 17.2. The minimum Gasteiger partial charge on any atom is -0.275 e. The molecule has 0 radical (unpaired) electrons. The Balaban J connectivity index is 2.18. The van der Waals surface area contributed by atoms with Crippen LogP contribution in [0.3, 0.4) is 0 Å². The molecule has 0 saturated carbocycles. The average molecular weight is 338 g/mol. The summed E-state index contributed by atoms with van der Waals surface area (Å²) in [5.41, 5.74) is -1.99. The Morgan fingerprint density at radius 2 is 0.885 bits per heavy atom. The van der Waals surface area contributed by atoms with Gasteiger partial charge in [0, 0.05) is 0 Å². The van der Waals surface area contributed by atoms with E-state index in [2.05, 4.69) is 10.6 Å². The molecule has 0 spiro atoms. The molecule has 1 fully saturated rings. The normalized spacial score (nSPS) is 22.8. The van der Waals surface area contributed by atoms with Gasteiger partial charge in [0.15, 0.2) is 0 Å². The summed E-state index contributed by atoms with van der Waals surface area (Å²) in [5, 5.41) is 45.2. The molecule has 0 bridgehead atoms. The van der Waals surface area contributed by atoms with Gasteiger partial charge < -0.3 is 0 Å². The zero-order valence-corrected chi connectivity index (χ0v) is 13.7. The third kappa shape index (κ3) is 2.57. The van der Waals surface area contributed by atoms with Crippen LogP contribution in [0.15, 0.2) is 60.7 Å². The van der Waals surface area contributed by atoms with E-state index < -0.39 is 23.2 Å². The second-order valence-electron chi connectivity index (χ2n) is 6.04. The maximum absolute atomic E-state index is 9.81. The van der Waals surface area contributed by atoms with E-state index in [-0.39, 0.29) is 0 Å². The summed E-state index contributed by atoms with van der Waals surface area (Å²) in [4.78, 5) is 0. The van der Waals surface area contributed by atoms with E-state index in [0.717, 1.165) is 0 Å². The van der Waals surface area contributed by atoms with Crippen LogP contribution in [0, 0.1) is 45.3 Å². The number of rotatable bonds is 2. The van der Waals surface area contributed by atoms with Crippen LogP contribution in [0.2, 0.25) is 0 Å². The number of hydrogen-bond acceptors (Lipinski definition) is 6. The van der Waals surface area contributed by atoms with E-state index in [1.807, 2.05) is 36.4 Å². The number of benzene rings is 2. The fourth-order valence-electron chi connectivity index (χ4n) is 3.23. The second-order valence-corrected chi connectivity index (χ2v) is 6.04. The summed E-state index contributed by atoms with van der Waals surface area (Å²) in [6, 6.07) is 24.3. The van der Waals surface area contributed by atoms with Gasteiger partial charge in [-0.25, -0.2) is 0 Å². The fourth-order valence-corrected chi connectivity index (χ4v) is 3.23. The van der Waals surface area contributed by atoms with Gasteiger partial charge in [-0.1, -0.05) is 60.7 Å². The van der Waals surface area contributed by atoms with E-state index in [1.54, 1.807) is 48.5 Å². The first-order valence-electron chi connectivity index (χ1n) is 7.95. The molecular formula is C20H14N6. The van der Waals surface area contributed by atoms with Crippen LogP contribution in [-0.4, -0.2) is 11.1 Å². The van der Waals surface area contributed by atoms with Gasteiger partial charge in [-0.15, -0.1) is 0 Å². The van der Waals surface area contributed by atoms with Crippen molar-refractivity contribution in [2.24, 2.45) is 0 Å². The molecule has 2 atom stereocenters. The highest BCUT2D eigenvalue weighted by Crippen LogP contribution is 2.40. The molecule has 6 nitrogen and oxygen atoms in total. The van der Waals surface area contributed by atoms with Crippen molar-refractivity contribution in [3.63, 3.8) is 0 Å². The highest BCUT2D eigenvalue weighted by molar-refractivity contribution is 5.45. The van der Waals surface area contributed by atoms with E-state index in [9.17, 15) is 21.0 Å². The summed E-state index contributed by atoms with van der Waals surface area (Å²) in [6.45, 7) is 0. The highest BCUT2D eigenvalue weighted by atomic mass is 15.2. The van der Waals surface area contributed by atoms with E-state index in [4.69, 9.17) is 0 Å². The maximum atomic E-state index is 9.81. The number of piperazine rings is 1. The Morgan fingerprint density at radius 1 is 0.577 bits per heavy atom. The minimum atomic E-state index is -1.64. The molecule has 3 rings (SSSR count). The van der Waals surface area contributed by atoms with Crippen molar-refractivity contribution in [1.29, 1.82) is 21.0 Å². The molecule has 2 aromatic rings. The largest absolute Gasteiger partial charge is 0.275 e. The second kappa shape index (κ2) is 6.67. The van der Waals surface area contributed by atoms with Gasteiger partial charge in [0.1, 0.15) is 24.3 Å². The Kier molecular flexibility index (Phi) is 4.40. The van der Waals surface area contributed by atoms with Crippen LogP contribution in [0.5, 0.6) is 0 Å². The molecule has 2 aromatic carbocycles. The zero-order chi connectivity index (χ0) is 18.6. The van der Waals surface area contributed by atoms with Crippen molar-refractivity contribution in [2.75, 3.05) is 0 Å². The summed E-state index contributed by atoms with van der Waals surface area (Å²) < 4.78 is 0. The standard InChI is InChI=1S/C20H14N6/c21-11-19(12-22)17(15-7-3-1-4-8-15)25-20(13-23,14-24)18(26-19)16-9-5-2-6-10-16/h1-10,17-18,25-26H. The molecular weight excluding hydrogens is 324 g/mol. The summed E-state index contributed by atoms with van der Waals surface area (Å²) in [5.74, 6) is 0. The number of nitrogens with zero attached hydrogens (tertiary/aromatic N) is 4. The average Bonchev–Trinajstić information content (AvgIpc) is 2.74. The predicted octanol–water partition coefficient (Wildman–Crippen LogP) is 2.23. The van der Waals surface area contributed by atoms with E-state index in [1.165, 1.54) is 0 Å². The summed E-state index contributed by atoms with van der Waals surface area (Å²) in [6.07, 6.45) is 0. The number of hydrogen-bond donors (Lipinski definition) is 2. The lowest BCUT2D eigenvalue weighted by atomic mass is 9.75. The molecule has 2 unspecified atom stereocenters. The van der Waals surface area contributed by atoms with Crippen LogP contribution < -0.4 is 10.6 Å². The highest BCUT2D eigenvalue weighted by Gasteiger charge is 2.57. The predicted molar refractivity (Wildman–Crippen MR) is 92.6 cm³/mol. The van der Waals surface area contributed by atoms with Crippen molar-refractivity contribution in [3.05, 3.63) is 71.8 Å². The van der Waals surface area contributed by atoms with E-state index in [0.29, 0.717) is 11.1 Å². The van der Waals surface area contributed by atoms with Crippen LogP contribution in [0.25, 0.3) is 0 Å². The van der Waals surface area contributed by atoms with Crippen LogP contribution >= 0.6 is 0 Å². The smallest absolute Gasteiger partial charge is 0.214 e. The van der Waals surface area contributed by atoms with Crippen molar-refractivity contribution in [1.82, 2.24) is 10.6 Å². The fraction of sp³-hybridized carbons (Fsp3) is 0.200. The molecule has 1 aliphatic rings. The van der Waals surface area contributed by atoms with Gasteiger partial charge in [0.25, 0.3) is 0 Å². The van der Waals surface area contributed by atoms with Crippen LogP contribution in [-0.2, 0) is 0 Å². The third-order valence-corrected chi connectivity index (χ3v) is 4.58. The van der Waals surface area contributed by atoms with Crippen LogP contribution in [0.4, 0.5) is 0 Å². The summed E-state index contributed by atoms with van der Waals surface area (Å²) in [7, 11) is 0. The van der Waals surface area contributed by atoms with Crippen molar-refractivity contribution < 1.29 is 0 Å². The van der Waals surface area contributed by atoms with Crippen molar-refractivity contribution >= 4 is 0 Å². The lowest BCUT2D eigenvalue weighted by molar-refractivity contribution is 0.189. The van der Waals surface area contributed by atoms with Gasteiger partial charge in [0.05, 0.1) is 12.1 Å². The molecule has 1 heterocycles. The molecule has 124 valence electrons. The summed E-state index contributed by atoms with van der Waals surface area (Å²) >= 11 is 0. The van der Waals surface area contributed by atoms with Gasteiger partial charge in [0.2, 0.25) is 11.1 Å². The minimum absolute atomic E-state index is 0.643. The molecule has 6 heteroatoms. The molecule has 26 heavy (non-hydrogen) atoms. The quantitative estimate of drug-likeness (QED) is 0.866. The lowest BCUT2D eigenvalue weighted by Crippen LogP contribution is -2.69. The zero-order valence-electron chi connectivity index (χ0n) is 13.7. The number of nitrogens with one attached hydrogen (secondary N) is 2. The van der Waals surface area contributed by atoms with Gasteiger partial charge >= 0.3 is 0 Å². The molecule has 0 aromatic heterocycles.